The number of aromatic nitrogens is 3. The lowest BCUT2D eigenvalue weighted by molar-refractivity contribution is -0.136. The Bertz CT molecular complexity index is 429. The minimum Gasteiger partial charge on any atom is -0.480 e. The smallest absolute Gasteiger partial charge is 0.316 e. The van der Waals surface area contributed by atoms with E-state index in [1.807, 2.05) is 0 Å². The second-order valence-corrected chi connectivity index (χ2v) is 5.95. The molecule has 0 aromatic carbocycles. The summed E-state index contributed by atoms with van der Waals surface area (Å²) < 4.78 is 1.46. The number of hydrogen-bond donors (Lipinski definition) is 2. The molecule has 2 rings (SSSR count). The third kappa shape index (κ3) is 2.77. The first-order valence-corrected chi connectivity index (χ1v) is 7.07. The summed E-state index contributed by atoms with van der Waals surface area (Å²) in [6.07, 6.45) is 5.85. The fourth-order valence-corrected chi connectivity index (χ4v) is 2.93. The molecule has 1 aromatic heterocycles. The standard InChI is InChI=1S/C11H18N4O2S/c1-7(10(16)17)18-11-14-13-9(15(11)12)8-5-3-2-4-6-8/h7-8H,2-6,12H2,1H3,(H,16,17). The first kappa shape index (κ1) is 13.2. The Morgan fingerprint density at radius 3 is 2.72 bits per heavy atom. The van der Waals surface area contributed by atoms with E-state index in [1.165, 1.54) is 23.9 Å². The maximum absolute atomic E-state index is 10.8. The van der Waals surface area contributed by atoms with Crippen LogP contribution in [-0.2, 0) is 4.79 Å². The number of carbonyl (C=O) groups is 1. The van der Waals surface area contributed by atoms with Gasteiger partial charge in [-0.15, -0.1) is 10.2 Å². The van der Waals surface area contributed by atoms with Gasteiger partial charge in [0.2, 0.25) is 5.16 Å². The zero-order valence-electron chi connectivity index (χ0n) is 10.4. The molecule has 1 saturated carbocycles. The van der Waals surface area contributed by atoms with Gasteiger partial charge in [0, 0.05) is 5.92 Å². The SMILES string of the molecule is CC(Sc1nnc(C2CCCCC2)n1N)C(=O)O. The van der Waals surface area contributed by atoms with Crippen LogP contribution in [-0.4, -0.2) is 31.2 Å². The van der Waals surface area contributed by atoms with Crippen LogP contribution < -0.4 is 5.84 Å². The fourth-order valence-electron chi connectivity index (χ4n) is 2.22. The van der Waals surface area contributed by atoms with E-state index in [-0.39, 0.29) is 0 Å². The van der Waals surface area contributed by atoms with Crippen molar-refractivity contribution in [3.63, 3.8) is 0 Å². The number of nitrogens with two attached hydrogens (primary N) is 1. The Balaban J connectivity index is 2.10. The lowest BCUT2D eigenvalue weighted by Gasteiger charge is -2.20. The Morgan fingerprint density at radius 1 is 1.44 bits per heavy atom. The van der Waals surface area contributed by atoms with Gasteiger partial charge in [-0.2, -0.15) is 0 Å². The van der Waals surface area contributed by atoms with E-state index >= 15 is 0 Å². The van der Waals surface area contributed by atoms with Gasteiger partial charge in [0.1, 0.15) is 5.25 Å². The maximum Gasteiger partial charge on any atom is 0.316 e. The van der Waals surface area contributed by atoms with Gasteiger partial charge >= 0.3 is 5.97 Å². The van der Waals surface area contributed by atoms with Gasteiger partial charge < -0.3 is 10.9 Å². The van der Waals surface area contributed by atoms with Crippen LogP contribution in [0.15, 0.2) is 5.16 Å². The van der Waals surface area contributed by atoms with Gasteiger partial charge in [-0.05, 0) is 19.8 Å². The third-order valence-electron chi connectivity index (χ3n) is 3.29. The van der Waals surface area contributed by atoms with Gasteiger partial charge in [-0.1, -0.05) is 31.0 Å². The molecule has 1 heterocycles. The van der Waals surface area contributed by atoms with Crippen molar-refractivity contribution in [3.05, 3.63) is 5.82 Å². The molecule has 7 heteroatoms. The van der Waals surface area contributed by atoms with Gasteiger partial charge in [-0.3, -0.25) is 4.79 Å². The number of nitrogens with zero attached hydrogens (tertiary/aromatic N) is 3. The molecule has 18 heavy (non-hydrogen) atoms. The Labute approximate surface area is 110 Å². The third-order valence-corrected chi connectivity index (χ3v) is 4.34. The molecule has 0 spiro atoms. The quantitative estimate of drug-likeness (QED) is 0.637. The molecule has 1 aliphatic rings. The molecule has 0 amide bonds. The summed E-state index contributed by atoms with van der Waals surface area (Å²) in [6, 6.07) is 0. The molecule has 3 N–H and O–H groups in total. The van der Waals surface area contributed by atoms with E-state index in [0.717, 1.165) is 30.4 Å². The van der Waals surface area contributed by atoms with Crippen LogP contribution in [0.3, 0.4) is 0 Å². The summed E-state index contributed by atoms with van der Waals surface area (Å²) in [6.45, 7) is 1.61. The first-order valence-electron chi connectivity index (χ1n) is 6.19. The van der Waals surface area contributed by atoms with Crippen LogP contribution in [0.2, 0.25) is 0 Å². The molecule has 100 valence electrons. The van der Waals surface area contributed by atoms with E-state index in [2.05, 4.69) is 10.2 Å². The Hall–Kier alpha value is -1.24. The molecular weight excluding hydrogens is 252 g/mol. The number of nitrogen functional groups attached to an aromatic ring is 1. The van der Waals surface area contributed by atoms with Crippen molar-refractivity contribution in [1.82, 2.24) is 14.9 Å². The molecule has 1 atom stereocenters. The van der Waals surface area contributed by atoms with Crippen molar-refractivity contribution in [2.24, 2.45) is 0 Å². The zero-order chi connectivity index (χ0) is 13.1. The van der Waals surface area contributed by atoms with E-state index in [0.29, 0.717) is 11.1 Å². The number of rotatable bonds is 4. The summed E-state index contributed by atoms with van der Waals surface area (Å²) in [7, 11) is 0. The largest absolute Gasteiger partial charge is 0.480 e. The predicted molar refractivity (Wildman–Crippen MR) is 69.0 cm³/mol. The predicted octanol–water partition coefficient (Wildman–Crippen LogP) is 1.60. The van der Waals surface area contributed by atoms with Crippen LogP contribution in [0, 0.1) is 0 Å². The number of hydrogen-bond acceptors (Lipinski definition) is 5. The number of thioether (sulfide) groups is 1. The minimum absolute atomic E-state index is 0.366. The van der Waals surface area contributed by atoms with Crippen molar-refractivity contribution in [2.45, 2.75) is 55.4 Å². The summed E-state index contributed by atoms with van der Waals surface area (Å²) in [5, 5.41) is 16.9. The average molecular weight is 270 g/mol. The van der Waals surface area contributed by atoms with E-state index < -0.39 is 11.2 Å². The van der Waals surface area contributed by atoms with Crippen LogP contribution in [0.1, 0.15) is 50.8 Å². The fraction of sp³-hybridized carbons (Fsp3) is 0.727. The topological polar surface area (TPSA) is 94.0 Å². The molecular formula is C11H18N4O2S. The minimum atomic E-state index is -0.873. The highest BCUT2D eigenvalue weighted by atomic mass is 32.2. The van der Waals surface area contributed by atoms with E-state index in [1.54, 1.807) is 6.92 Å². The normalized spacial score (nSPS) is 18.7. The van der Waals surface area contributed by atoms with Crippen LogP contribution >= 0.6 is 11.8 Å². The lowest BCUT2D eigenvalue weighted by atomic mass is 9.89. The van der Waals surface area contributed by atoms with Crippen molar-refractivity contribution in [1.29, 1.82) is 0 Å². The molecule has 1 aromatic rings. The van der Waals surface area contributed by atoms with E-state index in [4.69, 9.17) is 10.9 Å². The molecule has 1 fully saturated rings. The van der Waals surface area contributed by atoms with Crippen LogP contribution in [0.4, 0.5) is 0 Å². The number of aliphatic carboxylic acids is 1. The summed E-state index contributed by atoms with van der Waals surface area (Å²) in [5.74, 6) is 6.24. The van der Waals surface area contributed by atoms with Crippen molar-refractivity contribution >= 4 is 17.7 Å². The van der Waals surface area contributed by atoms with Gasteiger partial charge in [-0.25, -0.2) is 4.68 Å². The number of carboxylic acids is 1. The van der Waals surface area contributed by atoms with Gasteiger partial charge in [0.15, 0.2) is 5.82 Å². The lowest BCUT2D eigenvalue weighted by Crippen LogP contribution is -2.20. The summed E-state index contributed by atoms with van der Waals surface area (Å²) >= 11 is 1.13. The summed E-state index contributed by atoms with van der Waals surface area (Å²) in [4.78, 5) is 10.8. The van der Waals surface area contributed by atoms with Gasteiger partial charge in [0.25, 0.3) is 0 Å². The van der Waals surface area contributed by atoms with Crippen LogP contribution in [0.5, 0.6) is 0 Å². The second kappa shape index (κ2) is 5.60. The van der Waals surface area contributed by atoms with Crippen LogP contribution in [0.25, 0.3) is 0 Å². The molecule has 6 nitrogen and oxygen atoms in total. The number of carboxylic acid groups (broad SMARTS) is 1. The molecule has 0 aliphatic heterocycles. The Morgan fingerprint density at radius 2 is 2.11 bits per heavy atom. The summed E-state index contributed by atoms with van der Waals surface area (Å²) in [5.41, 5.74) is 0. The molecule has 1 aliphatic carbocycles. The molecule has 1 unspecified atom stereocenters. The molecule has 0 radical (unpaired) electrons. The zero-order valence-corrected chi connectivity index (χ0v) is 11.2. The first-order chi connectivity index (χ1) is 8.59. The van der Waals surface area contributed by atoms with Gasteiger partial charge in [0.05, 0.1) is 0 Å². The highest BCUT2D eigenvalue weighted by molar-refractivity contribution is 8.00. The maximum atomic E-state index is 10.8. The second-order valence-electron chi connectivity index (χ2n) is 4.64. The van der Waals surface area contributed by atoms with E-state index in [9.17, 15) is 4.79 Å². The van der Waals surface area contributed by atoms with Crippen molar-refractivity contribution in [3.8, 4) is 0 Å². The van der Waals surface area contributed by atoms with Crippen molar-refractivity contribution in [2.75, 3.05) is 5.84 Å². The Kier molecular flexibility index (Phi) is 4.11. The monoisotopic (exact) mass is 270 g/mol. The highest BCUT2D eigenvalue weighted by Gasteiger charge is 2.24. The van der Waals surface area contributed by atoms with Crippen molar-refractivity contribution < 1.29 is 9.90 Å². The molecule has 0 bridgehead atoms. The highest BCUT2D eigenvalue weighted by Crippen LogP contribution is 2.32. The molecule has 0 saturated heterocycles. The average Bonchev–Trinajstić information content (AvgIpc) is 2.72.